The number of hydrogen-bond donors (Lipinski definition) is 1. The minimum Gasteiger partial charge on any atom is -0.469 e. The second-order valence-corrected chi connectivity index (χ2v) is 4.91. The van der Waals surface area contributed by atoms with E-state index in [0.29, 0.717) is 19.6 Å². The highest BCUT2D eigenvalue weighted by Crippen LogP contribution is 2.35. The lowest BCUT2D eigenvalue weighted by Crippen LogP contribution is -2.44. The lowest BCUT2D eigenvalue weighted by molar-refractivity contribution is -0.144. The number of rotatable bonds is 6. The Hall–Kier alpha value is -0.610. The minimum atomic E-state index is -0.223. The topological polar surface area (TPSA) is 61.5 Å². The maximum atomic E-state index is 11.0. The molecule has 0 spiro atoms. The molecule has 0 aromatic heterocycles. The Morgan fingerprint density at radius 3 is 2.53 bits per heavy atom. The van der Waals surface area contributed by atoms with E-state index in [0.717, 1.165) is 18.8 Å². The van der Waals surface area contributed by atoms with Crippen LogP contribution >= 0.6 is 0 Å². The molecule has 0 aliphatic heterocycles. The quantitative estimate of drug-likeness (QED) is 0.723. The van der Waals surface area contributed by atoms with E-state index in [1.807, 2.05) is 0 Å². The maximum absolute atomic E-state index is 11.0. The van der Waals surface area contributed by atoms with Crippen molar-refractivity contribution in [3.63, 3.8) is 0 Å². The van der Waals surface area contributed by atoms with Crippen molar-refractivity contribution < 1.29 is 14.3 Å². The van der Waals surface area contributed by atoms with Crippen LogP contribution in [0.2, 0.25) is 0 Å². The highest BCUT2D eigenvalue weighted by Gasteiger charge is 2.34. The summed E-state index contributed by atoms with van der Waals surface area (Å²) in [6.07, 6.45) is 5.96. The minimum absolute atomic E-state index is 0.195. The number of esters is 1. The Kier molecular flexibility index (Phi) is 5.92. The molecule has 4 heteroatoms. The van der Waals surface area contributed by atoms with Gasteiger partial charge in [0.05, 0.1) is 25.7 Å². The number of hydrogen-bond acceptors (Lipinski definition) is 4. The second kappa shape index (κ2) is 6.97. The molecule has 1 saturated carbocycles. The lowest BCUT2D eigenvalue weighted by Gasteiger charge is -2.39. The molecule has 0 bridgehead atoms. The summed E-state index contributed by atoms with van der Waals surface area (Å²) in [7, 11) is 1.40. The van der Waals surface area contributed by atoms with Crippen LogP contribution in [0.15, 0.2) is 0 Å². The van der Waals surface area contributed by atoms with Gasteiger partial charge in [-0.2, -0.15) is 0 Å². The first-order valence-electron chi connectivity index (χ1n) is 6.56. The first-order chi connectivity index (χ1) is 8.15. The molecule has 2 N–H and O–H groups in total. The number of carbonyl (C=O) groups is 1. The summed E-state index contributed by atoms with van der Waals surface area (Å²) < 4.78 is 10.4. The molecule has 1 aliphatic carbocycles. The molecular weight excluding hydrogens is 218 g/mol. The van der Waals surface area contributed by atoms with Crippen LogP contribution in [0.4, 0.5) is 0 Å². The normalized spacial score (nSPS) is 29.0. The fourth-order valence-electron chi connectivity index (χ4n) is 2.47. The summed E-state index contributed by atoms with van der Waals surface area (Å²) in [5.41, 5.74) is 5.64. The predicted molar refractivity (Wildman–Crippen MR) is 66.6 cm³/mol. The van der Waals surface area contributed by atoms with E-state index in [1.165, 1.54) is 26.4 Å². The van der Waals surface area contributed by atoms with Crippen LogP contribution in [0, 0.1) is 5.92 Å². The van der Waals surface area contributed by atoms with E-state index >= 15 is 0 Å². The summed E-state index contributed by atoms with van der Waals surface area (Å²) in [5.74, 6) is 0.596. The monoisotopic (exact) mass is 243 g/mol. The van der Waals surface area contributed by atoms with Gasteiger partial charge in [-0.25, -0.2) is 0 Å². The van der Waals surface area contributed by atoms with Crippen LogP contribution < -0.4 is 5.73 Å². The zero-order chi connectivity index (χ0) is 12.7. The molecule has 1 aliphatic rings. The molecule has 0 atom stereocenters. The molecule has 0 saturated heterocycles. The van der Waals surface area contributed by atoms with Crippen molar-refractivity contribution in [2.45, 2.75) is 51.0 Å². The van der Waals surface area contributed by atoms with Crippen molar-refractivity contribution in [3.8, 4) is 0 Å². The fourth-order valence-corrected chi connectivity index (χ4v) is 2.47. The van der Waals surface area contributed by atoms with Crippen LogP contribution in [0.5, 0.6) is 0 Å². The number of carbonyl (C=O) groups excluding carboxylic acids is 1. The molecular formula is C13H25NO3. The zero-order valence-electron chi connectivity index (χ0n) is 11.0. The number of nitrogens with two attached hydrogens (primary N) is 1. The van der Waals surface area contributed by atoms with Crippen molar-refractivity contribution in [1.29, 1.82) is 0 Å². The molecule has 1 rings (SSSR count). The largest absolute Gasteiger partial charge is 0.469 e. The van der Waals surface area contributed by atoms with Crippen molar-refractivity contribution in [1.82, 2.24) is 0 Å². The van der Waals surface area contributed by atoms with Gasteiger partial charge in [0.15, 0.2) is 0 Å². The van der Waals surface area contributed by atoms with Crippen LogP contribution in [0.1, 0.15) is 45.4 Å². The molecule has 0 heterocycles. The summed E-state index contributed by atoms with van der Waals surface area (Å²) in [5, 5.41) is 0. The van der Waals surface area contributed by atoms with Crippen molar-refractivity contribution in [2.24, 2.45) is 11.7 Å². The predicted octanol–water partition coefficient (Wildman–Crippen LogP) is 1.86. The third kappa shape index (κ3) is 4.28. The fraction of sp³-hybridized carbons (Fsp3) is 0.923. The van der Waals surface area contributed by atoms with Crippen LogP contribution in [-0.4, -0.2) is 31.8 Å². The van der Waals surface area contributed by atoms with Crippen molar-refractivity contribution in [3.05, 3.63) is 0 Å². The van der Waals surface area contributed by atoms with Gasteiger partial charge in [0.2, 0.25) is 0 Å². The molecule has 0 amide bonds. The van der Waals surface area contributed by atoms with Gasteiger partial charge >= 0.3 is 5.97 Å². The third-order valence-electron chi connectivity index (χ3n) is 3.91. The Balaban J connectivity index is 2.34. The highest BCUT2D eigenvalue weighted by atomic mass is 16.5. The van der Waals surface area contributed by atoms with Crippen molar-refractivity contribution >= 4 is 5.97 Å². The molecule has 17 heavy (non-hydrogen) atoms. The lowest BCUT2D eigenvalue weighted by atomic mass is 9.77. The van der Waals surface area contributed by atoms with Gasteiger partial charge < -0.3 is 15.2 Å². The van der Waals surface area contributed by atoms with E-state index < -0.39 is 0 Å². The third-order valence-corrected chi connectivity index (χ3v) is 3.91. The Labute approximate surface area is 104 Å². The average Bonchev–Trinajstić information content (AvgIpc) is 2.39. The van der Waals surface area contributed by atoms with Gasteiger partial charge in [0, 0.05) is 6.54 Å². The molecule has 1 fully saturated rings. The van der Waals surface area contributed by atoms with Crippen molar-refractivity contribution in [2.75, 3.05) is 20.3 Å². The Bertz CT molecular complexity index is 235. The molecule has 0 unspecified atom stereocenters. The van der Waals surface area contributed by atoms with Crippen LogP contribution in [0.25, 0.3) is 0 Å². The first kappa shape index (κ1) is 14.5. The summed E-state index contributed by atoms with van der Waals surface area (Å²) >= 11 is 0. The van der Waals surface area contributed by atoms with E-state index in [4.69, 9.17) is 10.5 Å². The molecule has 4 nitrogen and oxygen atoms in total. The summed E-state index contributed by atoms with van der Waals surface area (Å²) in [6, 6.07) is 0. The van der Waals surface area contributed by atoms with Gasteiger partial charge in [-0.15, -0.1) is 0 Å². The zero-order valence-corrected chi connectivity index (χ0v) is 11.0. The summed E-state index contributed by atoms with van der Waals surface area (Å²) in [6.45, 7) is 3.20. The van der Waals surface area contributed by atoms with E-state index in [2.05, 4.69) is 11.7 Å². The molecule has 0 aromatic rings. The second-order valence-electron chi connectivity index (χ2n) is 4.91. The van der Waals surface area contributed by atoms with Gasteiger partial charge in [0.1, 0.15) is 0 Å². The smallest absolute Gasteiger partial charge is 0.307 e. The van der Waals surface area contributed by atoms with E-state index in [-0.39, 0.29) is 11.6 Å². The van der Waals surface area contributed by atoms with Crippen LogP contribution in [0.3, 0.4) is 0 Å². The van der Waals surface area contributed by atoms with Gasteiger partial charge in [-0.1, -0.05) is 13.3 Å². The Morgan fingerprint density at radius 1 is 1.41 bits per heavy atom. The SMILES string of the molecule is CCC1CCC(CN)(OCCC(=O)OC)CC1. The molecule has 0 aromatic carbocycles. The van der Waals surface area contributed by atoms with Gasteiger partial charge in [-0.05, 0) is 31.6 Å². The first-order valence-corrected chi connectivity index (χ1v) is 6.56. The van der Waals surface area contributed by atoms with Gasteiger partial charge in [-0.3, -0.25) is 4.79 Å². The highest BCUT2D eigenvalue weighted by molar-refractivity contribution is 5.69. The average molecular weight is 243 g/mol. The summed E-state index contributed by atoms with van der Waals surface area (Å²) in [4.78, 5) is 11.0. The van der Waals surface area contributed by atoms with E-state index in [9.17, 15) is 4.79 Å². The Morgan fingerprint density at radius 2 is 2.06 bits per heavy atom. The number of ether oxygens (including phenoxy) is 2. The van der Waals surface area contributed by atoms with Gasteiger partial charge in [0.25, 0.3) is 0 Å². The van der Waals surface area contributed by atoms with Crippen LogP contribution in [-0.2, 0) is 14.3 Å². The standard InChI is InChI=1S/C13H25NO3/c1-3-11-4-7-13(10-14,8-5-11)17-9-6-12(15)16-2/h11H,3-10,14H2,1-2H3. The van der Waals surface area contributed by atoms with E-state index in [1.54, 1.807) is 0 Å². The maximum Gasteiger partial charge on any atom is 0.307 e. The number of methoxy groups -OCH3 is 1. The molecule has 0 radical (unpaired) electrons. The molecule has 100 valence electrons.